The van der Waals surface area contributed by atoms with Crippen LogP contribution in [0.2, 0.25) is 0 Å². The van der Waals surface area contributed by atoms with Crippen molar-refractivity contribution in [1.82, 2.24) is 0 Å². The first-order chi connectivity index (χ1) is 20.7. The predicted molar refractivity (Wildman–Crippen MR) is 168 cm³/mol. The van der Waals surface area contributed by atoms with Crippen LogP contribution in [0.1, 0.15) is 55.3 Å². The third kappa shape index (κ3) is 6.95. The van der Waals surface area contributed by atoms with Gasteiger partial charge in [-0.05, 0) is 66.6 Å². The summed E-state index contributed by atoms with van der Waals surface area (Å²) in [4.78, 5) is 51.7. The molecule has 5 rings (SSSR count). The lowest BCUT2D eigenvalue weighted by Gasteiger charge is -2.18. The minimum absolute atomic E-state index is 0.101. The monoisotopic (exact) mass is 615 g/mol. The first-order valence-electron chi connectivity index (χ1n) is 13.6. The quantitative estimate of drug-likeness (QED) is 0.0876. The Labute approximate surface area is 256 Å². The average Bonchev–Trinajstić information content (AvgIpc) is 3.36. The van der Waals surface area contributed by atoms with Crippen LogP contribution in [0.25, 0.3) is 0 Å². The molecule has 43 heavy (non-hydrogen) atoms. The van der Waals surface area contributed by atoms with E-state index in [2.05, 4.69) is 17.6 Å². The molecule has 9 nitrogen and oxygen atoms in total. The number of carbonyl (C=O) groups is 3. The first-order valence-corrected chi connectivity index (χ1v) is 15.3. The van der Waals surface area contributed by atoms with Gasteiger partial charge < -0.3 is 15.4 Å². The highest BCUT2D eigenvalue weighted by atomic mass is 32.2. The van der Waals surface area contributed by atoms with Gasteiger partial charge in [-0.3, -0.25) is 19.7 Å². The van der Waals surface area contributed by atoms with Gasteiger partial charge in [-0.15, -0.1) is 23.1 Å². The lowest BCUT2D eigenvalue weighted by molar-refractivity contribution is -0.384. The van der Waals surface area contributed by atoms with Crippen LogP contribution in [0.4, 0.5) is 16.4 Å². The van der Waals surface area contributed by atoms with E-state index >= 15 is 0 Å². The van der Waals surface area contributed by atoms with Crippen molar-refractivity contribution in [3.8, 4) is 0 Å². The zero-order valence-corrected chi connectivity index (χ0v) is 25.1. The number of nitro groups is 1. The molecule has 4 aromatic rings. The summed E-state index contributed by atoms with van der Waals surface area (Å²) in [6, 6.07) is 21.8. The summed E-state index contributed by atoms with van der Waals surface area (Å²) in [5, 5.41) is 16.6. The number of hydrogen-bond acceptors (Lipinski definition) is 8. The lowest BCUT2D eigenvalue weighted by atomic mass is 9.88. The van der Waals surface area contributed by atoms with Gasteiger partial charge in [-0.25, -0.2) is 4.79 Å². The number of rotatable bonds is 9. The summed E-state index contributed by atoms with van der Waals surface area (Å²) < 4.78 is 5.09. The molecule has 1 heterocycles. The van der Waals surface area contributed by atoms with E-state index in [1.54, 1.807) is 18.2 Å². The van der Waals surface area contributed by atoms with Gasteiger partial charge in [0.25, 0.3) is 11.6 Å². The fourth-order valence-electron chi connectivity index (χ4n) is 4.96. The molecule has 0 saturated heterocycles. The fraction of sp³-hybridized carbons (Fsp3) is 0.219. The van der Waals surface area contributed by atoms with E-state index in [9.17, 15) is 24.5 Å². The number of thiophene rings is 1. The molecule has 1 aliphatic carbocycles. The summed E-state index contributed by atoms with van der Waals surface area (Å²) in [5.74, 6) is -0.655. The van der Waals surface area contributed by atoms with Gasteiger partial charge in [0.05, 0.1) is 17.6 Å². The topological polar surface area (TPSA) is 128 Å². The molecule has 2 unspecified atom stereocenters. The molecule has 11 heteroatoms. The smallest absolute Gasteiger partial charge is 0.341 e. The molecule has 0 saturated carbocycles. The van der Waals surface area contributed by atoms with Gasteiger partial charge in [0, 0.05) is 33.2 Å². The van der Waals surface area contributed by atoms with E-state index in [1.807, 2.05) is 36.4 Å². The Kier molecular flexibility index (Phi) is 9.22. The molecular formula is C32H29N3O6S2. The SMILES string of the molecule is COC(=O)c1c(NC(=O)C(Sc2cccc(NC(=O)c3ccc([N+](=O)[O-])cc3)c2)c2ccccc2)sc2c1CCC(C)C2. The number of nitrogens with one attached hydrogen (secondary N) is 2. The number of anilines is 2. The summed E-state index contributed by atoms with van der Waals surface area (Å²) in [7, 11) is 1.35. The van der Waals surface area contributed by atoms with Crippen LogP contribution in [-0.2, 0) is 22.4 Å². The first kappa shape index (κ1) is 30.0. The van der Waals surface area contributed by atoms with Crippen LogP contribution in [0.5, 0.6) is 0 Å². The molecule has 0 radical (unpaired) electrons. The maximum Gasteiger partial charge on any atom is 0.341 e. The fourth-order valence-corrected chi connectivity index (χ4v) is 7.44. The van der Waals surface area contributed by atoms with Crippen molar-refractivity contribution in [2.24, 2.45) is 5.92 Å². The van der Waals surface area contributed by atoms with Gasteiger partial charge in [-0.2, -0.15) is 0 Å². The standard InChI is InChI=1S/C32H29N3O6S2/c1-19-11-16-25-26(17-19)43-31(27(25)32(38)41-2)34-30(37)28(20-7-4-3-5-8-20)42-24-10-6-9-22(18-24)33-29(36)21-12-14-23(15-13-21)35(39)40/h3-10,12-15,18-19,28H,11,16-17H2,1-2H3,(H,33,36)(H,34,37). The maximum absolute atomic E-state index is 13.9. The molecule has 0 bridgehead atoms. The summed E-state index contributed by atoms with van der Waals surface area (Å²) in [6.45, 7) is 2.18. The van der Waals surface area contributed by atoms with E-state index < -0.39 is 22.0 Å². The Bertz CT molecular complexity index is 1670. The molecule has 0 fully saturated rings. The number of nitro benzene ring substituents is 1. The largest absolute Gasteiger partial charge is 0.465 e. The second-order valence-corrected chi connectivity index (χ2v) is 12.5. The lowest BCUT2D eigenvalue weighted by Crippen LogP contribution is -2.20. The number of carbonyl (C=O) groups excluding carboxylic acids is 3. The minimum atomic E-state index is -0.662. The van der Waals surface area contributed by atoms with Crippen molar-refractivity contribution in [3.05, 3.63) is 116 Å². The highest BCUT2D eigenvalue weighted by Crippen LogP contribution is 2.42. The number of benzene rings is 3. The van der Waals surface area contributed by atoms with Crippen LogP contribution in [-0.4, -0.2) is 29.8 Å². The van der Waals surface area contributed by atoms with Gasteiger partial charge in [0.1, 0.15) is 10.3 Å². The second-order valence-electron chi connectivity index (χ2n) is 10.2. The van der Waals surface area contributed by atoms with Crippen molar-refractivity contribution in [2.45, 2.75) is 36.3 Å². The second kappa shape index (κ2) is 13.2. The Hall–Kier alpha value is -4.48. The number of methoxy groups -OCH3 is 1. The van der Waals surface area contributed by atoms with Crippen LogP contribution >= 0.6 is 23.1 Å². The molecule has 2 atom stereocenters. The third-order valence-corrected chi connectivity index (χ3v) is 9.58. The van der Waals surface area contributed by atoms with Crippen LogP contribution in [0, 0.1) is 16.0 Å². The highest BCUT2D eigenvalue weighted by Gasteiger charge is 2.31. The van der Waals surface area contributed by atoms with Crippen LogP contribution in [0.15, 0.2) is 83.8 Å². The minimum Gasteiger partial charge on any atom is -0.465 e. The van der Waals surface area contributed by atoms with E-state index in [0.717, 1.165) is 40.2 Å². The molecule has 220 valence electrons. The Morgan fingerprint density at radius 2 is 1.77 bits per heavy atom. The van der Waals surface area contributed by atoms with Gasteiger partial charge >= 0.3 is 5.97 Å². The Morgan fingerprint density at radius 3 is 2.47 bits per heavy atom. The van der Waals surface area contributed by atoms with Crippen molar-refractivity contribution < 1.29 is 24.0 Å². The molecule has 3 aromatic carbocycles. The van der Waals surface area contributed by atoms with E-state index in [0.29, 0.717) is 22.2 Å². The zero-order chi connectivity index (χ0) is 30.5. The normalized spacial score (nSPS) is 14.7. The molecule has 0 spiro atoms. The predicted octanol–water partition coefficient (Wildman–Crippen LogP) is 7.29. The number of hydrogen-bond donors (Lipinski definition) is 2. The van der Waals surface area contributed by atoms with Crippen LogP contribution < -0.4 is 10.6 Å². The van der Waals surface area contributed by atoms with E-state index in [4.69, 9.17) is 4.74 Å². The number of thioether (sulfide) groups is 1. The van der Waals surface area contributed by atoms with E-state index in [1.165, 1.54) is 54.5 Å². The molecule has 1 aliphatic rings. The number of nitrogens with zero attached hydrogens (tertiary/aromatic N) is 1. The zero-order valence-electron chi connectivity index (χ0n) is 23.5. The van der Waals surface area contributed by atoms with E-state index in [-0.39, 0.29) is 17.2 Å². The molecule has 2 N–H and O–H groups in total. The number of amides is 2. The number of ether oxygens (including phenoxy) is 1. The molecule has 1 aromatic heterocycles. The summed E-state index contributed by atoms with van der Waals surface area (Å²) >= 11 is 2.76. The number of non-ortho nitro benzene ring substituents is 1. The number of fused-ring (bicyclic) bond motifs is 1. The highest BCUT2D eigenvalue weighted by molar-refractivity contribution is 8.00. The van der Waals surface area contributed by atoms with Crippen LogP contribution in [0.3, 0.4) is 0 Å². The maximum atomic E-state index is 13.9. The van der Waals surface area contributed by atoms with Gasteiger partial charge in [-0.1, -0.05) is 43.3 Å². The Balaban J connectivity index is 1.38. The van der Waals surface area contributed by atoms with Crippen molar-refractivity contribution >= 4 is 57.3 Å². The molecule has 0 aliphatic heterocycles. The third-order valence-electron chi connectivity index (χ3n) is 7.16. The Morgan fingerprint density at radius 1 is 1.02 bits per heavy atom. The molecular weight excluding hydrogens is 587 g/mol. The summed E-state index contributed by atoms with van der Waals surface area (Å²) in [5.41, 5.74) is 2.87. The van der Waals surface area contributed by atoms with Gasteiger partial charge in [0.2, 0.25) is 5.91 Å². The van der Waals surface area contributed by atoms with Crippen molar-refractivity contribution in [2.75, 3.05) is 17.7 Å². The molecule has 2 amide bonds. The van der Waals surface area contributed by atoms with Crippen molar-refractivity contribution in [3.63, 3.8) is 0 Å². The summed E-state index contributed by atoms with van der Waals surface area (Å²) in [6.07, 6.45) is 2.60. The van der Waals surface area contributed by atoms with Gasteiger partial charge in [0.15, 0.2) is 0 Å². The number of esters is 1. The van der Waals surface area contributed by atoms with Crippen molar-refractivity contribution in [1.29, 1.82) is 0 Å². The average molecular weight is 616 g/mol.